The highest BCUT2D eigenvalue weighted by Crippen LogP contribution is 2.35. The number of fused-ring (bicyclic) bond motifs is 2. The largest absolute Gasteiger partial charge is 0.463 e. The summed E-state index contributed by atoms with van der Waals surface area (Å²) in [6, 6.07) is 13.3. The fourth-order valence-electron chi connectivity index (χ4n) is 5.65. The average molecular weight is 532 g/mol. The Balaban J connectivity index is 1.28. The van der Waals surface area contributed by atoms with Crippen LogP contribution in [0.1, 0.15) is 16.8 Å². The van der Waals surface area contributed by atoms with Crippen molar-refractivity contribution in [1.29, 1.82) is 0 Å². The molecule has 0 aliphatic carbocycles. The number of piperazine rings is 1. The third-order valence-corrected chi connectivity index (χ3v) is 7.85. The van der Waals surface area contributed by atoms with Crippen LogP contribution in [0.15, 0.2) is 48.6 Å². The smallest absolute Gasteiger partial charge is 0.318 e. The Kier molecular flexibility index (Phi) is 7.32. The summed E-state index contributed by atoms with van der Waals surface area (Å²) in [7, 11) is 0. The monoisotopic (exact) mass is 531 g/mol. The first-order chi connectivity index (χ1) is 19.1. The number of amides is 1. The lowest BCUT2D eigenvalue weighted by atomic mass is 9.99. The number of alkyl halides is 1. The fraction of sp³-hybridized carbons (Fsp3) is 0.433. The Morgan fingerprint density at radius 3 is 2.62 bits per heavy atom. The van der Waals surface area contributed by atoms with Crippen LogP contribution < -0.4 is 14.5 Å². The van der Waals surface area contributed by atoms with Gasteiger partial charge in [0.25, 0.3) is 0 Å². The Hall–Kier alpha value is -3.72. The molecule has 0 saturated carbocycles. The van der Waals surface area contributed by atoms with Crippen LogP contribution in [-0.2, 0) is 22.5 Å². The van der Waals surface area contributed by atoms with E-state index >= 15 is 0 Å². The number of carbonyl (C=O) groups excluding carboxylic acids is 1. The highest BCUT2D eigenvalue weighted by Gasteiger charge is 2.29. The predicted octanol–water partition coefficient (Wildman–Crippen LogP) is 3.70. The predicted molar refractivity (Wildman–Crippen MR) is 149 cm³/mol. The van der Waals surface area contributed by atoms with Gasteiger partial charge in [0.05, 0.1) is 32.1 Å². The van der Waals surface area contributed by atoms with Crippen molar-refractivity contribution in [1.82, 2.24) is 14.9 Å². The minimum absolute atomic E-state index is 0.148. The number of aryl methyl sites for hydroxylation is 1. The number of anilines is 2. The topological polar surface area (TPSA) is 71.0 Å². The maximum atomic E-state index is 12.5. The number of hydrogen-bond donors (Lipinski definition) is 0. The summed E-state index contributed by atoms with van der Waals surface area (Å²) < 4.78 is 23.9. The van der Waals surface area contributed by atoms with Crippen molar-refractivity contribution in [3.05, 3.63) is 65.4 Å². The normalized spacial score (nSPS) is 17.9. The van der Waals surface area contributed by atoms with E-state index in [2.05, 4.69) is 53.1 Å². The molecule has 3 aliphatic rings. The molecule has 0 atom stereocenters. The molecule has 3 aliphatic heterocycles. The second-order valence-electron chi connectivity index (χ2n) is 10.5. The van der Waals surface area contributed by atoms with Gasteiger partial charge in [0.1, 0.15) is 12.5 Å². The molecule has 0 unspecified atom stereocenters. The molecule has 2 fully saturated rings. The molecule has 2 aromatic carbocycles. The first-order valence-electron chi connectivity index (χ1n) is 13.7. The van der Waals surface area contributed by atoms with E-state index < -0.39 is 6.67 Å². The van der Waals surface area contributed by atoms with Crippen molar-refractivity contribution in [2.24, 2.45) is 5.92 Å². The van der Waals surface area contributed by atoms with Gasteiger partial charge in [0.15, 0.2) is 0 Å². The lowest BCUT2D eigenvalue weighted by Gasteiger charge is -2.38. The van der Waals surface area contributed by atoms with Gasteiger partial charge in [-0.25, -0.2) is 4.39 Å². The van der Waals surface area contributed by atoms with Crippen molar-refractivity contribution in [3.63, 3.8) is 0 Å². The number of carbonyl (C=O) groups is 1. The molecule has 9 heteroatoms. The molecule has 6 rings (SSSR count). The van der Waals surface area contributed by atoms with E-state index in [-0.39, 0.29) is 5.91 Å². The number of hydrogen-bond acceptors (Lipinski definition) is 7. The van der Waals surface area contributed by atoms with Crippen LogP contribution >= 0.6 is 0 Å². The Morgan fingerprint density at radius 1 is 1.08 bits per heavy atom. The molecule has 204 valence electrons. The summed E-state index contributed by atoms with van der Waals surface area (Å²) in [5, 5.41) is 2.52. The first-order valence-corrected chi connectivity index (χ1v) is 13.7. The number of aromatic nitrogens is 2. The van der Waals surface area contributed by atoms with Gasteiger partial charge in [-0.15, -0.1) is 0 Å². The maximum absolute atomic E-state index is 12.5. The van der Waals surface area contributed by atoms with Gasteiger partial charge in [-0.3, -0.25) is 4.79 Å². The zero-order valence-corrected chi connectivity index (χ0v) is 22.3. The average Bonchev–Trinajstić information content (AvgIpc) is 2.94. The molecule has 1 aromatic heterocycles. The van der Waals surface area contributed by atoms with Gasteiger partial charge in [-0.2, -0.15) is 9.97 Å². The minimum Gasteiger partial charge on any atom is -0.463 e. The maximum Gasteiger partial charge on any atom is 0.318 e. The molecular weight excluding hydrogens is 497 g/mol. The standard InChI is InChI=1S/C30H34FN5O3/c1-21-5-2-6-23-7-3-8-26(28(21)23)36-12-10-24-25(17-36)32-30(39-20-22-18-38-19-22)33-29(24)35-15-13-34(14-16-35)27(37)9-4-11-31/h2-9,22H,10-20H2,1H3/b9-4+. The third kappa shape index (κ3) is 5.28. The molecular formula is C30H34FN5O3. The summed E-state index contributed by atoms with van der Waals surface area (Å²) in [5.41, 5.74) is 4.62. The molecule has 4 heterocycles. The molecule has 0 radical (unpaired) electrons. The van der Waals surface area contributed by atoms with Gasteiger partial charge in [0, 0.05) is 61.4 Å². The van der Waals surface area contributed by atoms with Crippen molar-refractivity contribution >= 4 is 28.2 Å². The molecule has 8 nitrogen and oxygen atoms in total. The van der Waals surface area contributed by atoms with E-state index in [1.165, 1.54) is 34.2 Å². The lowest BCUT2D eigenvalue weighted by molar-refractivity contribution is -0.126. The van der Waals surface area contributed by atoms with Gasteiger partial charge >= 0.3 is 6.01 Å². The number of halogens is 1. The zero-order valence-electron chi connectivity index (χ0n) is 22.3. The van der Waals surface area contributed by atoms with Gasteiger partial charge < -0.3 is 24.2 Å². The highest BCUT2D eigenvalue weighted by molar-refractivity contribution is 5.97. The van der Waals surface area contributed by atoms with Crippen molar-refractivity contribution in [2.45, 2.75) is 19.9 Å². The number of benzene rings is 2. The Labute approximate surface area is 228 Å². The fourth-order valence-corrected chi connectivity index (χ4v) is 5.65. The van der Waals surface area contributed by atoms with Crippen LogP contribution in [0.5, 0.6) is 6.01 Å². The van der Waals surface area contributed by atoms with Crippen LogP contribution in [-0.4, -0.2) is 80.0 Å². The number of nitrogens with zero attached hydrogens (tertiary/aromatic N) is 5. The summed E-state index contributed by atoms with van der Waals surface area (Å²) in [6.45, 7) is 7.45. The van der Waals surface area contributed by atoms with Crippen molar-refractivity contribution in [2.75, 3.05) is 69.0 Å². The summed E-state index contributed by atoms with van der Waals surface area (Å²) in [5.74, 6) is 1.12. The van der Waals surface area contributed by atoms with Gasteiger partial charge in [-0.05, 0) is 36.4 Å². The van der Waals surface area contributed by atoms with Crippen LogP contribution in [0.4, 0.5) is 15.9 Å². The minimum atomic E-state index is -0.635. The lowest BCUT2D eigenvalue weighted by Crippen LogP contribution is -2.49. The van der Waals surface area contributed by atoms with E-state index in [0.29, 0.717) is 64.5 Å². The SMILES string of the molecule is Cc1cccc2cccc(N3CCc4c(nc(OCC5COC5)nc4N4CCN(C(=O)/C=C/CF)CC4)C3)c12. The summed E-state index contributed by atoms with van der Waals surface area (Å²) >= 11 is 0. The van der Waals surface area contributed by atoms with Gasteiger partial charge in [0.2, 0.25) is 5.91 Å². The van der Waals surface area contributed by atoms with Gasteiger partial charge in [-0.1, -0.05) is 30.3 Å². The van der Waals surface area contributed by atoms with Crippen molar-refractivity contribution in [3.8, 4) is 6.01 Å². The second-order valence-corrected chi connectivity index (χ2v) is 10.5. The number of allylic oxidation sites excluding steroid dienone is 1. The molecule has 0 spiro atoms. The summed E-state index contributed by atoms with van der Waals surface area (Å²) in [6.07, 6.45) is 3.40. The van der Waals surface area contributed by atoms with E-state index in [1.54, 1.807) is 4.90 Å². The quantitative estimate of drug-likeness (QED) is 0.431. The Bertz CT molecular complexity index is 1380. The molecule has 1 amide bonds. The van der Waals surface area contributed by atoms with Crippen LogP contribution in [0, 0.1) is 12.8 Å². The third-order valence-electron chi connectivity index (χ3n) is 7.85. The summed E-state index contributed by atoms with van der Waals surface area (Å²) in [4.78, 5) is 28.5. The number of ether oxygens (including phenoxy) is 2. The van der Waals surface area contributed by atoms with E-state index in [1.807, 2.05) is 0 Å². The molecule has 0 bridgehead atoms. The van der Waals surface area contributed by atoms with E-state index in [0.717, 1.165) is 30.0 Å². The molecule has 2 saturated heterocycles. The van der Waals surface area contributed by atoms with Crippen molar-refractivity contribution < 1.29 is 18.7 Å². The second kappa shape index (κ2) is 11.2. The Morgan fingerprint density at radius 2 is 1.87 bits per heavy atom. The molecule has 0 N–H and O–H groups in total. The van der Waals surface area contributed by atoms with Crippen LogP contribution in [0.2, 0.25) is 0 Å². The molecule has 3 aromatic rings. The first kappa shape index (κ1) is 25.6. The van der Waals surface area contributed by atoms with Crippen LogP contribution in [0.25, 0.3) is 10.8 Å². The van der Waals surface area contributed by atoms with E-state index in [9.17, 15) is 9.18 Å². The van der Waals surface area contributed by atoms with Crippen LogP contribution in [0.3, 0.4) is 0 Å². The number of rotatable bonds is 7. The molecule has 39 heavy (non-hydrogen) atoms. The highest BCUT2D eigenvalue weighted by atomic mass is 19.1. The van der Waals surface area contributed by atoms with E-state index in [4.69, 9.17) is 19.4 Å². The zero-order chi connectivity index (χ0) is 26.8.